The first-order chi connectivity index (χ1) is 14.9. The van der Waals surface area contributed by atoms with Crippen molar-refractivity contribution in [3.05, 3.63) is 76.7 Å². The Morgan fingerprint density at radius 3 is 2.39 bits per heavy atom. The monoisotopic (exact) mass is 419 g/mol. The Morgan fingerprint density at radius 2 is 1.81 bits per heavy atom. The van der Waals surface area contributed by atoms with Crippen molar-refractivity contribution in [3.63, 3.8) is 0 Å². The van der Waals surface area contributed by atoms with Gasteiger partial charge in [0.1, 0.15) is 18.1 Å². The van der Waals surface area contributed by atoms with Gasteiger partial charge in [-0.25, -0.2) is 4.79 Å². The fourth-order valence-electron chi connectivity index (χ4n) is 2.70. The van der Waals surface area contributed by atoms with E-state index in [9.17, 15) is 9.59 Å². The Hall–Kier alpha value is -4.12. The Labute approximate surface area is 179 Å². The summed E-state index contributed by atoms with van der Waals surface area (Å²) < 4.78 is 16.1. The zero-order valence-corrected chi connectivity index (χ0v) is 17.3. The Balaban J connectivity index is 1.53. The van der Waals surface area contributed by atoms with Crippen molar-refractivity contribution < 1.29 is 23.6 Å². The molecule has 3 rings (SSSR count). The van der Waals surface area contributed by atoms with Crippen molar-refractivity contribution in [1.29, 1.82) is 5.26 Å². The second kappa shape index (κ2) is 9.59. The Kier molecular flexibility index (Phi) is 6.67. The maximum absolute atomic E-state index is 12.3. The third-order valence-corrected chi connectivity index (χ3v) is 4.59. The molecule has 0 saturated heterocycles. The summed E-state index contributed by atoms with van der Waals surface area (Å²) >= 11 is 0. The normalized spacial score (nSPS) is 11.3. The van der Waals surface area contributed by atoms with Crippen molar-refractivity contribution in [2.75, 3.05) is 5.32 Å². The number of hydrogen-bond acceptors (Lipinski definition) is 7. The van der Waals surface area contributed by atoms with E-state index in [0.29, 0.717) is 34.9 Å². The maximum atomic E-state index is 12.3. The number of nitrogens with zero attached hydrogens (tertiary/aromatic N) is 2. The van der Waals surface area contributed by atoms with Crippen molar-refractivity contribution in [3.8, 4) is 11.8 Å². The predicted octanol–water partition coefficient (Wildman–Crippen LogP) is 3.93. The zero-order valence-electron chi connectivity index (χ0n) is 17.3. The molecule has 1 N–H and O–H groups in total. The second-order valence-corrected chi connectivity index (χ2v) is 6.84. The number of hydrogen-bond donors (Lipinski definition) is 1. The molecule has 1 atom stereocenters. The minimum atomic E-state index is -1.00. The summed E-state index contributed by atoms with van der Waals surface area (Å²) in [6, 6.07) is 14.8. The van der Waals surface area contributed by atoms with Crippen molar-refractivity contribution in [2.24, 2.45) is 0 Å². The van der Waals surface area contributed by atoms with Crippen LogP contribution >= 0.6 is 0 Å². The van der Waals surface area contributed by atoms with Crippen LogP contribution < -0.4 is 10.1 Å². The summed E-state index contributed by atoms with van der Waals surface area (Å²) in [5.41, 5.74) is 2.93. The van der Waals surface area contributed by atoms with Crippen LogP contribution in [-0.4, -0.2) is 23.1 Å². The number of esters is 1. The van der Waals surface area contributed by atoms with E-state index in [4.69, 9.17) is 19.3 Å². The van der Waals surface area contributed by atoms with Gasteiger partial charge in [0.05, 0.1) is 28.5 Å². The van der Waals surface area contributed by atoms with Crippen LogP contribution in [0.3, 0.4) is 0 Å². The summed E-state index contributed by atoms with van der Waals surface area (Å²) in [6.45, 7) is 5.44. The fourth-order valence-corrected chi connectivity index (χ4v) is 2.70. The van der Waals surface area contributed by atoms with Gasteiger partial charge in [-0.05, 0) is 69.3 Å². The Morgan fingerprint density at radius 1 is 1.13 bits per heavy atom. The van der Waals surface area contributed by atoms with Gasteiger partial charge >= 0.3 is 5.97 Å². The highest BCUT2D eigenvalue weighted by Crippen LogP contribution is 2.18. The summed E-state index contributed by atoms with van der Waals surface area (Å²) in [4.78, 5) is 24.6. The molecule has 2 aromatic carbocycles. The average molecular weight is 419 g/mol. The number of carbonyl (C=O) groups excluding carboxylic acids is 2. The third-order valence-electron chi connectivity index (χ3n) is 4.59. The van der Waals surface area contributed by atoms with E-state index in [1.165, 1.54) is 6.92 Å². The highest BCUT2D eigenvalue weighted by atomic mass is 16.5. The van der Waals surface area contributed by atoms with Crippen LogP contribution in [-0.2, 0) is 16.1 Å². The Bertz CT molecular complexity index is 1090. The lowest BCUT2D eigenvalue weighted by molar-refractivity contribution is -0.123. The number of anilines is 1. The van der Waals surface area contributed by atoms with Gasteiger partial charge < -0.3 is 19.3 Å². The van der Waals surface area contributed by atoms with Gasteiger partial charge in [0.2, 0.25) is 0 Å². The molecule has 3 aromatic rings. The standard InChI is InChI=1S/C23H21N3O5/c1-14-21(15(2)31-26-14)13-29-20-10-6-18(7-11-20)23(28)30-16(3)22(27)25-19-8-4-17(12-24)5-9-19/h4-11,16H,13H2,1-3H3,(H,25,27)/t16-/m0/s1. The molecule has 1 amide bonds. The molecule has 0 spiro atoms. The number of ether oxygens (including phenoxy) is 2. The van der Waals surface area contributed by atoms with Crippen LogP contribution in [0.5, 0.6) is 5.75 Å². The van der Waals surface area contributed by atoms with Crippen LogP contribution in [0.4, 0.5) is 5.69 Å². The third kappa shape index (κ3) is 5.48. The van der Waals surface area contributed by atoms with E-state index >= 15 is 0 Å². The van der Waals surface area contributed by atoms with Crippen LogP contribution in [0, 0.1) is 25.2 Å². The van der Waals surface area contributed by atoms with E-state index in [1.807, 2.05) is 19.9 Å². The molecule has 0 aliphatic heterocycles. The number of amides is 1. The van der Waals surface area contributed by atoms with E-state index in [-0.39, 0.29) is 0 Å². The lowest BCUT2D eigenvalue weighted by atomic mass is 10.2. The minimum absolute atomic E-state index is 0.294. The second-order valence-electron chi connectivity index (χ2n) is 6.84. The van der Waals surface area contributed by atoms with Gasteiger partial charge in [-0.15, -0.1) is 0 Å². The van der Waals surface area contributed by atoms with Gasteiger partial charge in [0.25, 0.3) is 5.91 Å². The topological polar surface area (TPSA) is 114 Å². The van der Waals surface area contributed by atoms with E-state index in [2.05, 4.69) is 10.5 Å². The molecule has 0 unspecified atom stereocenters. The minimum Gasteiger partial charge on any atom is -0.489 e. The number of aryl methyl sites for hydroxylation is 2. The molecule has 31 heavy (non-hydrogen) atoms. The zero-order chi connectivity index (χ0) is 22.4. The van der Waals surface area contributed by atoms with Crippen molar-refractivity contribution in [2.45, 2.75) is 33.5 Å². The molecule has 0 fully saturated rings. The van der Waals surface area contributed by atoms with Crippen LogP contribution in [0.15, 0.2) is 53.1 Å². The van der Waals surface area contributed by atoms with Gasteiger partial charge in [-0.2, -0.15) is 5.26 Å². The fraction of sp³-hybridized carbons (Fsp3) is 0.217. The predicted molar refractivity (Wildman–Crippen MR) is 111 cm³/mol. The van der Waals surface area contributed by atoms with Gasteiger partial charge in [0.15, 0.2) is 6.10 Å². The first kappa shape index (κ1) is 21.6. The molecule has 8 heteroatoms. The van der Waals surface area contributed by atoms with E-state index in [0.717, 1.165) is 11.3 Å². The number of carbonyl (C=O) groups is 2. The maximum Gasteiger partial charge on any atom is 0.338 e. The average Bonchev–Trinajstić information content (AvgIpc) is 3.10. The highest BCUT2D eigenvalue weighted by Gasteiger charge is 2.19. The van der Waals surface area contributed by atoms with Gasteiger partial charge in [0, 0.05) is 5.69 Å². The first-order valence-corrected chi connectivity index (χ1v) is 9.54. The molecule has 0 radical (unpaired) electrons. The molecular formula is C23H21N3O5. The summed E-state index contributed by atoms with van der Waals surface area (Å²) in [5.74, 6) is 0.173. The van der Waals surface area contributed by atoms with E-state index in [1.54, 1.807) is 48.5 Å². The molecule has 158 valence electrons. The molecule has 8 nitrogen and oxygen atoms in total. The van der Waals surface area contributed by atoms with Crippen LogP contribution in [0.1, 0.15) is 39.9 Å². The summed E-state index contributed by atoms with van der Waals surface area (Å²) in [7, 11) is 0. The van der Waals surface area contributed by atoms with Gasteiger partial charge in [-0.3, -0.25) is 4.79 Å². The summed E-state index contributed by atoms with van der Waals surface area (Å²) in [5, 5.41) is 15.3. The smallest absolute Gasteiger partial charge is 0.338 e. The molecular weight excluding hydrogens is 398 g/mol. The molecule has 1 heterocycles. The number of rotatable bonds is 7. The van der Waals surface area contributed by atoms with Crippen LogP contribution in [0.2, 0.25) is 0 Å². The molecule has 0 aliphatic rings. The summed E-state index contributed by atoms with van der Waals surface area (Å²) in [6.07, 6.45) is -1.00. The lowest BCUT2D eigenvalue weighted by Crippen LogP contribution is -2.30. The van der Waals surface area contributed by atoms with Gasteiger partial charge in [-0.1, -0.05) is 5.16 Å². The highest BCUT2D eigenvalue weighted by molar-refractivity contribution is 5.97. The quantitative estimate of drug-likeness (QED) is 0.577. The molecule has 0 bridgehead atoms. The molecule has 0 saturated carbocycles. The van der Waals surface area contributed by atoms with Crippen molar-refractivity contribution in [1.82, 2.24) is 5.16 Å². The number of benzene rings is 2. The number of aromatic nitrogens is 1. The van der Waals surface area contributed by atoms with Crippen molar-refractivity contribution >= 4 is 17.6 Å². The lowest BCUT2D eigenvalue weighted by Gasteiger charge is -2.14. The number of nitrogens with one attached hydrogen (secondary N) is 1. The van der Waals surface area contributed by atoms with Crippen LogP contribution in [0.25, 0.3) is 0 Å². The molecule has 1 aromatic heterocycles. The largest absolute Gasteiger partial charge is 0.489 e. The molecule has 0 aliphatic carbocycles. The van der Waals surface area contributed by atoms with E-state index < -0.39 is 18.0 Å². The number of nitriles is 1. The first-order valence-electron chi connectivity index (χ1n) is 9.54. The SMILES string of the molecule is Cc1noc(C)c1COc1ccc(C(=O)O[C@@H](C)C(=O)Nc2ccc(C#N)cc2)cc1.